The molecule has 2 aliphatic rings. The van der Waals surface area contributed by atoms with Crippen LogP contribution in [0.1, 0.15) is 37.3 Å². The number of nitrogens with zero attached hydrogens (tertiary/aromatic N) is 2. The molecule has 2 atom stereocenters. The van der Waals surface area contributed by atoms with Gasteiger partial charge in [-0.3, -0.25) is 9.48 Å². The lowest BCUT2D eigenvalue weighted by molar-refractivity contribution is -0.139. The molecular formula is C15H23N3O2S. The van der Waals surface area contributed by atoms with Gasteiger partial charge in [0.2, 0.25) is 0 Å². The van der Waals surface area contributed by atoms with Crippen LogP contribution in [0.5, 0.6) is 0 Å². The number of rotatable bonds is 3. The predicted octanol–water partition coefficient (Wildman–Crippen LogP) is 1.68. The van der Waals surface area contributed by atoms with Crippen molar-refractivity contribution in [2.75, 3.05) is 18.1 Å². The maximum absolute atomic E-state index is 12.7. The zero-order valence-corrected chi connectivity index (χ0v) is 13.3. The first-order chi connectivity index (χ1) is 10.1. The first kappa shape index (κ1) is 15.1. The molecule has 6 heteroatoms. The van der Waals surface area contributed by atoms with Gasteiger partial charge in [0.25, 0.3) is 0 Å². The second kappa shape index (κ2) is 6.10. The van der Waals surface area contributed by atoms with Crippen LogP contribution in [0.3, 0.4) is 0 Å². The normalized spacial score (nSPS) is 26.7. The highest BCUT2D eigenvalue weighted by molar-refractivity contribution is 7.99. The Morgan fingerprint density at radius 1 is 1.57 bits per heavy atom. The maximum atomic E-state index is 12.7. The first-order valence-electron chi connectivity index (χ1n) is 7.59. The molecule has 2 aliphatic heterocycles. The Kier molecular flexibility index (Phi) is 4.38. The van der Waals surface area contributed by atoms with E-state index in [9.17, 15) is 4.79 Å². The third-order valence-electron chi connectivity index (χ3n) is 4.69. The van der Waals surface area contributed by atoms with E-state index in [1.54, 1.807) is 10.9 Å². The number of hydrogen-bond donors (Lipinski definition) is 1. The van der Waals surface area contributed by atoms with Gasteiger partial charge in [0, 0.05) is 31.3 Å². The summed E-state index contributed by atoms with van der Waals surface area (Å²) in [6, 6.07) is -0.559. The van der Waals surface area contributed by atoms with Crippen LogP contribution >= 0.6 is 11.8 Å². The van der Waals surface area contributed by atoms with Crippen LogP contribution in [0.25, 0.3) is 0 Å². The number of hydrogen-bond acceptors (Lipinski definition) is 5. The standard InChI is InChI=1S/C15H23N3O2S/c1-18-10-12(9-17-18)13(16)14(19)11-2-5-20-15(8-11)3-6-21-7-4-15/h9-11,13H,2-8,16H2,1H3. The average Bonchev–Trinajstić information content (AvgIpc) is 2.93. The van der Waals surface area contributed by atoms with Gasteiger partial charge in [-0.2, -0.15) is 16.9 Å². The van der Waals surface area contributed by atoms with Gasteiger partial charge in [0.05, 0.1) is 17.8 Å². The van der Waals surface area contributed by atoms with Crippen LogP contribution in [-0.4, -0.2) is 39.3 Å². The number of carbonyl (C=O) groups excluding carboxylic acids is 1. The highest BCUT2D eigenvalue weighted by atomic mass is 32.2. The first-order valence-corrected chi connectivity index (χ1v) is 8.75. The van der Waals surface area contributed by atoms with E-state index < -0.39 is 6.04 Å². The molecular weight excluding hydrogens is 286 g/mol. The summed E-state index contributed by atoms with van der Waals surface area (Å²) in [4.78, 5) is 12.7. The second-order valence-electron chi connectivity index (χ2n) is 6.16. The van der Waals surface area contributed by atoms with Crippen LogP contribution in [0, 0.1) is 5.92 Å². The molecule has 1 aromatic rings. The number of ketones is 1. The van der Waals surface area contributed by atoms with Gasteiger partial charge in [-0.05, 0) is 37.2 Å². The van der Waals surface area contributed by atoms with E-state index in [-0.39, 0.29) is 17.3 Å². The second-order valence-corrected chi connectivity index (χ2v) is 7.39. The van der Waals surface area contributed by atoms with Gasteiger partial charge in [0.15, 0.2) is 5.78 Å². The molecule has 0 radical (unpaired) electrons. The van der Waals surface area contributed by atoms with Crippen LogP contribution in [-0.2, 0) is 16.6 Å². The minimum absolute atomic E-state index is 0.0251. The molecule has 116 valence electrons. The van der Waals surface area contributed by atoms with Crippen molar-refractivity contribution in [3.05, 3.63) is 18.0 Å². The van der Waals surface area contributed by atoms with E-state index >= 15 is 0 Å². The fraction of sp³-hybridized carbons (Fsp3) is 0.733. The van der Waals surface area contributed by atoms with Gasteiger partial charge >= 0.3 is 0 Å². The van der Waals surface area contributed by atoms with Gasteiger partial charge in [-0.25, -0.2) is 0 Å². The maximum Gasteiger partial charge on any atom is 0.157 e. The van der Waals surface area contributed by atoms with Crippen LogP contribution in [0.15, 0.2) is 12.4 Å². The number of ether oxygens (including phenoxy) is 1. The minimum atomic E-state index is -0.559. The van der Waals surface area contributed by atoms with E-state index in [0.29, 0.717) is 6.61 Å². The van der Waals surface area contributed by atoms with Gasteiger partial charge in [-0.1, -0.05) is 0 Å². The zero-order chi connectivity index (χ0) is 14.9. The molecule has 2 N–H and O–H groups in total. The highest BCUT2D eigenvalue weighted by Gasteiger charge is 2.42. The lowest BCUT2D eigenvalue weighted by atomic mass is 9.78. The minimum Gasteiger partial charge on any atom is -0.375 e. The Morgan fingerprint density at radius 2 is 2.33 bits per heavy atom. The van der Waals surface area contributed by atoms with Crippen LogP contribution < -0.4 is 5.73 Å². The summed E-state index contributed by atoms with van der Waals surface area (Å²) in [5.74, 6) is 2.44. The van der Waals surface area contributed by atoms with Crippen molar-refractivity contribution < 1.29 is 9.53 Å². The Hall–Kier alpha value is -0.850. The third-order valence-corrected chi connectivity index (χ3v) is 5.68. The summed E-state index contributed by atoms with van der Waals surface area (Å²) in [6.07, 6.45) is 7.26. The molecule has 0 aliphatic carbocycles. The van der Waals surface area contributed by atoms with E-state index in [4.69, 9.17) is 10.5 Å². The summed E-state index contributed by atoms with van der Waals surface area (Å²) < 4.78 is 7.74. The molecule has 21 heavy (non-hydrogen) atoms. The van der Waals surface area contributed by atoms with E-state index in [0.717, 1.165) is 42.8 Å². The molecule has 5 nitrogen and oxygen atoms in total. The molecule has 0 amide bonds. The average molecular weight is 309 g/mol. The number of thioether (sulfide) groups is 1. The van der Waals surface area contributed by atoms with E-state index in [1.165, 1.54) is 0 Å². The molecule has 0 bridgehead atoms. The molecule has 1 aromatic heterocycles. The van der Waals surface area contributed by atoms with Crippen molar-refractivity contribution >= 4 is 17.5 Å². The van der Waals surface area contributed by atoms with Gasteiger partial charge in [-0.15, -0.1) is 0 Å². The van der Waals surface area contributed by atoms with Gasteiger partial charge < -0.3 is 10.5 Å². The fourth-order valence-corrected chi connectivity index (χ4v) is 4.62. The molecule has 3 rings (SSSR count). The Bertz CT molecular complexity index is 505. The lowest BCUT2D eigenvalue weighted by Crippen LogP contribution is -2.45. The van der Waals surface area contributed by atoms with Crippen LogP contribution in [0.2, 0.25) is 0 Å². The number of aryl methyl sites for hydroxylation is 1. The third kappa shape index (κ3) is 3.17. The molecule has 0 saturated carbocycles. The number of Topliss-reactive ketones (excluding diaryl/α,β-unsaturated/α-hetero) is 1. The van der Waals surface area contributed by atoms with Crippen LogP contribution in [0.4, 0.5) is 0 Å². The molecule has 1 spiro atoms. The summed E-state index contributed by atoms with van der Waals surface area (Å²) >= 11 is 1.98. The summed E-state index contributed by atoms with van der Waals surface area (Å²) in [7, 11) is 1.84. The zero-order valence-electron chi connectivity index (χ0n) is 12.5. The Labute approximate surface area is 129 Å². The summed E-state index contributed by atoms with van der Waals surface area (Å²) in [5.41, 5.74) is 6.89. The summed E-state index contributed by atoms with van der Waals surface area (Å²) in [5, 5.41) is 4.11. The van der Waals surface area contributed by atoms with Crippen molar-refractivity contribution in [1.82, 2.24) is 9.78 Å². The van der Waals surface area contributed by atoms with E-state index in [1.807, 2.05) is 25.0 Å². The van der Waals surface area contributed by atoms with Crippen molar-refractivity contribution in [2.45, 2.75) is 37.3 Å². The Morgan fingerprint density at radius 3 is 3.00 bits per heavy atom. The van der Waals surface area contributed by atoms with Crippen molar-refractivity contribution in [3.8, 4) is 0 Å². The largest absolute Gasteiger partial charge is 0.375 e. The lowest BCUT2D eigenvalue weighted by Gasteiger charge is -2.43. The SMILES string of the molecule is Cn1cc(C(N)C(=O)C2CCOC3(CCSCC3)C2)cn1. The molecule has 2 saturated heterocycles. The predicted molar refractivity (Wildman–Crippen MR) is 83.1 cm³/mol. The Balaban J connectivity index is 1.69. The van der Waals surface area contributed by atoms with Crippen molar-refractivity contribution in [2.24, 2.45) is 18.7 Å². The highest BCUT2D eigenvalue weighted by Crippen LogP contribution is 2.40. The summed E-state index contributed by atoms with van der Waals surface area (Å²) in [6.45, 7) is 0.681. The fourth-order valence-electron chi connectivity index (χ4n) is 3.38. The van der Waals surface area contributed by atoms with Crippen molar-refractivity contribution in [3.63, 3.8) is 0 Å². The van der Waals surface area contributed by atoms with E-state index in [2.05, 4.69) is 5.10 Å². The number of aromatic nitrogens is 2. The smallest absolute Gasteiger partial charge is 0.157 e. The monoisotopic (exact) mass is 309 g/mol. The molecule has 3 heterocycles. The molecule has 2 fully saturated rings. The topological polar surface area (TPSA) is 70.1 Å². The number of nitrogens with two attached hydrogens (primary N) is 1. The van der Waals surface area contributed by atoms with Crippen molar-refractivity contribution in [1.29, 1.82) is 0 Å². The molecule has 0 aromatic carbocycles. The van der Waals surface area contributed by atoms with Gasteiger partial charge in [0.1, 0.15) is 0 Å². The molecule has 2 unspecified atom stereocenters. The number of carbonyl (C=O) groups is 1. The quantitative estimate of drug-likeness (QED) is 0.920.